The van der Waals surface area contributed by atoms with Crippen LogP contribution in [-0.2, 0) is 4.79 Å². The van der Waals surface area contributed by atoms with Crippen LogP contribution < -0.4 is 16.4 Å². The smallest absolute Gasteiger partial charge is 0.110 e. The van der Waals surface area contributed by atoms with Gasteiger partial charge in [0.15, 0.2) is 0 Å². The number of piperidine rings is 1. The molecule has 2 aliphatic heterocycles. The van der Waals surface area contributed by atoms with E-state index in [4.69, 9.17) is 10.5 Å². The van der Waals surface area contributed by atoms with E-state index in [1.165, 1.54) is 12.8 Å². The number of rotatable bonds is 10. The number of nitrogens with two attached hydrogens (primary N) is 1. The lowest BCUT2D eigenvalue weighted by Crippen LogP contribution is -2.50. The largest absolute Gasteiger partial charge is 0.379 e. The number of thioether (sulfide) groups is 1. The van der Waals surface area contributed by atoms with E-state index < -0.39 is 6.23 Å². The summed E-state index contributed by atoms with van der Waals surface area (Å²) in [5, 5.41) is 18.1. The van der Waals surface area contributed by atoms with Gasteiger partial charge in [-0.2, -0.15) is 0 Å². The number of nitrogens with one attached hydrogen (secondary N) is 2. The summed E-state index contributed by atoms with van der Waals surface area (Å²) >= 11 is 1.99. The summed E-state index contributed by atoms with van der Waals surface area (Å²) in [6, 6.07) is 0.923. The van der Waals surface area contributed by atoms with Crippen molar-refractivity contribution in [2.24, 2.45) is 11.7 Å². The van der Waals surface area contributed by atoms with Gasteiger partial charge >= 0.3 is 0 Å². The van der Waals surface area contributed by atoms with Crippen molar-refractivity contribution in [1.29, 1.82) is 0 Å². The van der Waals surface area contributed by atoms with E-state index in [9.17, 15) is 5.11 Å². The maximum absolute atomic E-state index is 10.2. The molecule has 0 aromatic rings. The van der Waals surface area contributed by atoms with Gasteiger partial charge in [-0.15, -0.1) is 11.8 Å². The van der Waals surface area contributed by atoms with Gasteiger partial charge < -0.3 is 25.9 Å². The molecular weight excluding hydrogens is 374 g/mol. The van der Waals surface area contributed by atoms with Crippen molar-refractivity contribution in [3.05, 3.63) is 0 Å². The third kappa shape index (κ3) is 8.65. The fourth-order valence-corrected chi connectivity index (χ4v) is 5.50. The second-order valence-corrected chi connectivity index (χ2v) is 9.59. The van der Waals surface area contributed by atoms with Crippen LogP contribution in [0.3, 0.4) is 0 Å². The molecule has 0 aromatic carbocycles. The highest BCUT2D eigenvalue weighted by Crippen LogP contribution is 2.31. The maximum atomic E-state index is 10.2. The minimum atomic E-state index is -0.410. The number of aliphatic hydroxyl groups is 1. The third-order valence-corrected chi connectivity index (χ3v) is 7.40. The Kier molecular flexibility index (Phi) is 12.8. The maximum Gasteiger partial charge on any atom is 0.110 e. The van der Waals surface area contributed by atoms with Crippen molar-refractivity contribution in [3.8, 4) is 0 Å². The summed E-state index contributed by atoms with van der Waals surface area (Å²) in [6.45, 7) is 13.5. The van der Waals surface area contributed by atoms with E-state index >= 15 is 0 Å². The third-order valence-electron chi connectivity index (χ3n) is 5.92. The van der Waals surface area contributed by atoms with E-state index in [0.29, 0.717) is 23.3 Å². The standard InChI is InChI=1S/C19H41N5OS.CH2O/c1-5-23(4)9-6-10-24(15(3)25)19-22-13-17(26-19)7-8-18-14(2)11-16(20)12-21-18;1-2/h14-19,21-22,25H,5-13,20H2,1-4H3;1H2. The molecular formula is C20H43N5O2S. The lowest BCUT2D eigenvalue weighted by molar-refractivity contribution is -0.0980. The molecule has 2 fully saturated rings. The first-order valence-corrected chi connectivity index (χ1v) is 11.6. The van der Waals surface area contributed by atoms with Crippen molar-refractivity contribution < 1.29 is 9.90 Å². The molecule has 2 heterocycles. The zero-order valence-corrected chi connectivity index (χ0v) is 19.1. The molecule has 0 aromatic heterocycles. The zero-order chi connectivity index (χ0) is 21.1. The summed E-state index contributed by atoms with van der Waals surface area (Å²) in [5.74, 6) is 0.665. The Morgan fingerprint density at radius 2 is 1.96 bits per heavy atom. The van der Waals surface area contributed by atoms with Gasteiger partial charge in [-0.3, -0.25) is 10.2 Å². The van der Waals surface area contributed by atoms with E-state index in [1.54, 1.807) is 0 Å². The number of hydrogen-bond donors (Lipinski definition) is 4. The monoisotopic (exact) mass is 417 g/mol. The summed E-state index contributed by atoms with van der Waals surface area (Å²) in [4.78, 5) is 12.5. The van der Waals surface area contributed by atoms with E-state index in [-0.39, 0.29) is 5.50 Å². The van der Waals surface area contributed by atoms with Crippen molar-refractivity contribution >= 4 is 18.6 Å². The Morgan fingerprint density at radius 1 is 1.25 bits per heavy atom. The highest BCUT2D eigenvalue weighted by Gasteiger charge is 2.32. The molecule has 0 amide bonds. The molecule has 0 bridgehead atoms. The molecule has 8 heteroatoms. The molecule has 2 saturated heterocycles. The van der Waals surface area contributed by atoms with Crippen LogP contribution in [0, 0.1) is 5.92 Å². The Labute approximate surface area is 176 Å². The number of carbonyl (C=O) groups is 1. The van der Waals surface area contributed by atoms with Gasteiger partial charge in [0.1, 0.15) is 18.5 Å². The van der Waals surface area contributed by atoms with Gasteiger partial charge in [0.05, 0.1) is 0 Å². The average Bonchev–Trinajstić information content (AvgIpc) is 3.14. The average molecular weight is 418 g/mol. The highest BCUT2D eigenvalue weighted by molar-refractivity contribution is 8.00. The van der Waals surface area contributed by atoms with Crippen LogP contribution in [0.15, 0.2) is 0 Å². The van der Waals surface area contributed by atoms with Crippen molar-refractivity contribution in [2.75, 3.05) is 39.8 Å². The molecule has 0 spiro atoms. The van der Waals surface area contributed by atoms with Gasteiger partial charge in [-0.05, 0) is 58.7 Å². The van der Waals surface area contributed by atoms with E-state index in [1.807, 2.05) is 25.5 Å². The predicted octanol–water partition coefficient (Wildman–Crippen LogP) is 0.878. The minimum absolute atomic E-state index is 0.233. The fraction of sp³-hybridized carbons (Fsp3) is 0.950. The summed E-state index contributed by atoms with van der Waals surface area (Å²) in [5.41, 5.74) is 6.28. The SMILES string of the molecule is C=O.CCN(C)CCCN(C(C)O)C1NCC(CCC2NCC(N)CC2C)S1. The topological polar surface area (TPSA) is 93.9 Å². The first kappa shape index (κ1) is 25.8. The molecule has 28 heavy (non-hydrogen) atoms. The first-order valence-electron chi connectivity index (χ1n) is 10.7. The number of carbonyl (C=O) groups excluding carboxylic acids is 1. The first-order chi connectivity index (χ1) is 13.4. The fourth-order valence-electron chi connectivity index (χ4n) is 4.04. The molecule has 166 valence electrons. The molecule has 2 aliphatic rings. The van der Waals surface area contributed by atoms with Gasteiger partial charge in [-0.25, -0.2) is 0 Å². The van der Waals surface area contributed by atoms with Crippen LogP contribution in [0.1, 0.15) is 46.5 Å². The van der Waals surface area contributed by atoms with Gasteiger partial charge in [0.25, 0.3) is 0 Å². The molecule has 0 saturated carbocycles. The van der Waals surface area contributed by atoms with Crippen LogP contribution in [-0.4, -0.2) is 90.5 Å². The van der Waals surface area contributed by atoms with Gasteiger partial charge in [0, 0.05) is 37.0 Å². The van der Waals surface area contributed by atoms with Crippen LogP contribution in [0.4, 0.5) is 0 Å². The molecule has 0 aliphatic carbocycles. The molecule has 7 nitrogen and oxygen atoms in total. The number of nitrogens with zero attached hydrogens (tertiary/aromatic N) is 2. The van der Waals surface area contributed by atoms with Crippen LogP contribution in [0.25, 0.3) is 0 Å². The van der Waals surface area contributed by atoms with Gasteiger partial charge in [0.2, 0.25) is 0 Å². The Bertz CT molecular complexity index is 418. The lowest BCUT2D eigenvalue weighted by Gasteiger charge is -2.34. The van der Waals surface area contributed by atoms with Crippen molar-refractivity contribution in [1.82, 2.24) is 20.4 Å². The van der Waals surface area contributed by atoms with Gasteiger partial charge in [-0.1, -0.05) is 13.8 Å². The molecule has 6 atom stereocenters. The molecule has 6 unspecified atom stereocenters. The predicted molar refractivity (Wildman–Crippen MR) is 119 cm³/mol. The Morgan fingerprint density at radius 3 is 2.57 bits per heavy atom. The number of hydrogen-bond acceptors (Lipinski definition) is 8. The van der Waals surface area contributed by atoms with Crippen molar-refractivity contribution in [2.45, 2.75) is 75.5 Å². The quantitative estimate of drug-likeness (QED) is 0.389. The van der Waals surface area contributed by atoms with Crippen LogP contribution >= 0.6 is 11.8 Å². The summed E-state index contributed by atoms with van der Waals surface area (Å²) in [6.07, 6.45) is 4.25. The lowest BCUT2D eigenvalue weighted by atomic mass is 9.87. The second kappa shape index (κ2) is 13.9. The highest BCUT2D eigenvalue weighted by atomic mass is 32.2. The van der Waals surface area contributed by atoms with E-state index in [0.717, 1.165) is 45.6 Å². The summed E-state index contributed by atoms with van der Waals surface area (Å²) < 4.78 is 0. The van der Waals surface area contributed by atoms with Crippen molar-refractivity contribution in [3.63, 3.8) is 0 Å². The van der Waals surface area contributed by atoms with E-state index in [2.05, 4.69) is 41.3 Å². The Hall–Kier alpha value is -0.220. The van der Waals surface area contributed by atoms with Crippen LogP contribution in [0.5, 0.6) is 0 Å². The second-order valence-electron chi connectivity index (χ2n) is 8.20. The van der Waals surface area contributed by atoms with Crippen LogP contribution in [0.2, 0.25) is 0 Å². The summed E-state index contributed by atoms with van der Waals surface area (Å²) in [7, 11) is 2.15. The molecule has 0 radical (unpaired) electrons. The number of aliphatic hydroxyl groups excluding tert-OH is 1. The normalized spacial score (nSPS) is 31.6. The molecule has 5 N–H and O–H groups in total. The Balaban J connectivity index is 0.00000190. The zero-order valence-electron chi connectivity index (χ0n) is 18.3. The molecule has 2 rings (SSSR count). The minimum Gasteiger partial charge on any atom is -0.379 e.